The number of aromatic nitrogens is 1. The molecule has 1 aromatic heterocycles. The number of nitrogens with two attached hydrogens (primary N) is 1. The number of urea groups is 1. The van der Waals surface area contributed by atoms with Crippen LogP contribution in [0.25, 0.3) is 0 Å². The molecule has 0 saturated carbocycles. The fourth-order valence-corrected chi connectivity index (χ4v) is 4.56. The number of hydroxylamine groups is 2. The molecular weight excluding hydrogens is 497 g/mol. The van der Waals surface area contributed by atoms with Gasteiger partial charge in [0.15, 0.2) is 10.9 Å². The number of Topliss-reactive ketones (excluding diaryl/α,β-unsaturated/α-hetero) is 1. The third kappa shape index (κ3) is 4.86. The smallest absolute Gasteiger partial charge is 0.526 e. The van der Waals surface area contributed by atoms with E-state index in [-0.39, 0.29) is 53.1 Å². The van der Waals surface area contributed by atoms with E-state index in [1.54, 1.807) is 6.07 Å². The van der Waals surface area contributed by atoms with Crippen molar-refractivity contribution >= 4 is 53.2 Å². The summed E-state index contributed by atoms with van der Waals surface area (Å²) in [7, 11) is -1.50. The SMILES string of the molecule is Nc1nc(C(NC(=O)N2CCN(O)C(=O)C2=O)C(=O)C[C@H]2Cc3cccc(C(=O)O)c3OB2O)cs1. The molecule has 3 heterocycles. The number of imide groups is 1. The van der Waals surface area contributed by atoms with Gasteiger partial charge in [0.2, 0.25) is 0 Å². The summed E-state index contributed by atoms with van der Waals surface area (Å²) < 4.78 is 5.42. The molecule has 16 heteroatoms. The monoisotopic (exact) mass is 517 g/mol. The highest BCUT2D eigenvalue weighted by atomic mass is 32.1. The van der Waals surface area contributed by atoms with Crippen molar-refractivity contribution in [2.75, 3.05) is 18.8 Å². The lowest BCUT2D eigenvalue weighted by Crippen LogP contribution is -2.58. The Balaban J connectivity index is 1.53. The highest BCUT2D eigenvalue weighted by molar-refractivity contribution is 7.13. The van der Waals surface area contributed by atoms with E-state index >= 15 is 0 Å². The number of piperazine rings is 1. The number of nitrogens with zero attached hydrogens (tertiary/aromatic N) is 3. The number of thiazole rings is 1. The van der Waals surface area contributed by atoms with E-state index in [0.29, 0.717) is 10.5 Å². The summed E-state index contributed by atoms with van der Waals surface area (Å²) in [6.07, 6.45) is -0.188. The van der Waals surface area contributed by atoms with Crippen molar-refractivity contribution in [1.29, 1.82) is 0 Å². The fourth-order valence-electron chi connectivity index (χ4n) is 3.97. The number of hydrogen-bond donors (Lipinski definition) is 5. The Hall–Kier alpha value is -4.02. The Morgan fingerprint density at radius 3 is 2.69 bits per heavy atom. The van der Waals surface area contributed by atoms with Gasteiger partial charge in [-0.1, -0.05) is 12.1 Å². The number of carboxylic acids is 1. The first kappa shape index (κ1) is 25.1. The van der Waals surface area contributed by atoms with Crippen molar-refractivity contribution < 1.29 is 44.0 Å². The quantitative estimate of drug-likeness (QED) is 0.190. The summed E-state index contributed by atoms with van der Waals surface area (Å²) in [6, 6.07) is 2.05. The molecule has 14 nitrogen and oxygen atoms in total. The molecule has 0 spiro atoms. The average Bonchev–Trinajstić information content (AvgIpc) is 3.26. The molecular formula is C20H20BN5O9S. The minimum atomic E-state index is -1.50. The number of carbonyl (C=O) groups excluding carboxylic acids is 4. The van der Waals surface area contributed by atoms with Gasteiger partial charge in [-0.2, -0.15) is 0 Å². The van der Waals surface area contributed by atoms with Gasteiger partial charge in [0, 0.05) is 17.6 Å². The Morgan fingerprint density at radius 2 is 2.03 bits per heavy atom. The third-order valence-electron chi connectivity index (χ3n) is 5.78. The van der Waals surface area contributed by atoms with Crippen molar-refractivity contribution in [3.05, 3.63) is 40.4 Å². The molecule has 4 amide bonds. The van der Waals surface area contributed by atoms with Crippen LogP contribution in [0.5, 0.6) is 5.75 Å². The molecule has 0 radical (unpaired) electrons. The molecule has 0 bridgehead atoms. The summed E-state index contributed by atoms with van der Waals surface area (Å²) in [4.78, 5) is 66.0. The van der Waals surface area contributed by atoms with Crippen LogP contribution in [0, 0.1) is 0 Å². The van der Waals surface area contributed by atoms with Crippen LogP contribution in [0.3, 0.4) is 0 Å². The van der Waals surface area contributed by atoms with Crippen LogP contribution >= 0.6 is 11.3 Å². The van der Waals surface area contributed by atoms with E-state index in [0.717, 1.165) is 11.3 Å². The normalized spacial score (nSPS) is 18.4. The number of nitrogens with one attached hydrogen (secondary N) is 1. The number of carbonyl (C=O) groups is 5. The van der Waals surface area contributed by atoms with Crippen LogP contribution in [0.4, 0.5) is 9.93 Å². The molecule has 6 N–H and O–H groups in total. The van der Waals surface area contributed by atoms with Gasteiger partial charge in [0.05, 0.1) is 24.3 Å². The average molecular weight is 517 g/mol. The van der Waals surface area contributed by atoms with Gasteiger partial charge < -0.3 is 25.8 Å². The molecule has 36 heavy (non-hydrogen) atoms. The van der Waals surface area contributed by atoms with E-state index in [2.05, 4.69) is 10.3 Å². The standard InChI is InChI=1S/C20H20BN5O9S/c22-19-23-12(8-36-19)14(24-20(32)25-4-5-26(34)17(29)16(25)28)13(27)7-10-6-9-2-1-3-11(18(30)31)15(9)35-21(10)33/h1-3,8,10,14,33-34H,4-7H2,(H2,22,23)(H,24,32)(H,30,31)/t10-,14?/m1/s1. The maximum absolute atomic E-state index is 13.3. The second kappa shape index (κ2) is 9.92. The summed E-state index contributed by atoms with van der Waals surface area (Å²) in [5.74, 6) is -5.16. The van der Waals surface area contributed by atoms with E-state index < -0.39 is 48.6 Å². The van der Waals surface area contributed by atoms with Gasteiger partial charge in [-0.25, -0.2) is 19.6 Å². The molecule has 0 aliphatic carbocycles. The first-order valence-electron chi connectivity index (χ1n) is 10.6. The predicted octanol–water partition coefficient (Wildman–Crippen LogP) is -0.321. The molecule has 4 rings (SSSR count). The maximum Gasteiger partial charge on any atom is 0.526 e. The first-order valence-corrected chi connectivity index (χ1v) is 11.5. The highest BCUT2D eigenvalue weighted by Crippen LogP contribution is 2.37. The first-order chi connectivity index (χ1) is 17.1. The van der Waals surface area contributed by atoms with Crippen molar-refractivity contribution in [2.24, 2.45) is 0 Å². The second-order valence-corrected chi connectivity index (χ2v) is 9.01. The lowest BCUT2D eigenvalue weighted by atomic mass is 9.64. The number of anilines is 1. The number of para-hydroxylation sites is 1. The number of nitrogen functional groups attached to an aromatic ring is 1. The highest BCUT2D eigenvalue weighted by Gasteiger charge is 2.41. The Bertz CT molecular complexity index is 1250. The molecule has 2 aliphatic heterocycles. The molecule has 1 aromatic carbocycles. The van der Waals surface area contributed by atoms with Gasteiger partial charge in [0.25, 0.3) is 0 Å². The van der Waals surface area contributed by atoms with Crippen LogP contribution in [0.1, 0.15) is 34.1 Å². The zero-order valence-electron chi connectivity index (χ0n) is 18.5. The summed E-state index contributed by atoms with van der Waals surface area (Å²) in [5.41, 5.74) is 6.13. The molecule has 1 fully saturated rings. The molecule has 2 atom stereocenters. The Labute approximate surface area is 207 Å². The second-order valence-electron chi connectivity index (χ2n) is 8.12. The summed E-state index contributed by atoms with van der Waals surface area (Å²) >= 11 is 1.01. The van der Waals surface area contributed by atoms with Crippen LogP contribution < -0.4 is 15.7 Å². The molecule has 1 unspecified atom stereocenters. The van der Waals surface area contributed by atoms with E-state index in [1.165, 1.54) is 17.5 Å². The van der Waals surface area contributed by atoms with Crippen LogP contribution in [0.15, 0.2) is 23.6 Å². The minimum absolute atomic E-state index is 0.0181. The van der Waals surface area contributed by atoms with Gasteiger partial charge >= 0.3 is 30.9 Å². The van der Waals surface area contributed by atoms with Gasteiger partial charge in [-0.05, 0) is 18.1 Å². The number of ketones is 1. The van der Waals surface area contributed by atoms with E-state index in [4.69, 9.17) is 10.4 Å². The van der Waals surface area contributed by atoms with Crippen LogP contribution in [0.2, 0.25) is 5.82 Å². The molecule has 2 aliphatic rings. The largest absolute Gasteiger partial charge is 0.535 e. The summed E-state index contributed by atoms with van der Waals surface area (Å²) in [5, 5.41) is 33.4. The lowest BCUT2D eigenvalue weighted by Gasteiger charge is -2.31. The fraction of sp³-hybridized carbons (Fsp3) is 0.300. The Morgan fingerprint density at radius 1 is 1.28 bits per heavy atom. The van der Waals surface area contributed by atoms with Crippen molar-refractivity contribution in [3.63, 3.8) is 0 Å². The van der Waals surface area contributed by atoms with E-state index in [1.807, 2.05) is 0 Å². The molecule has 1 saturated heterocycles. The number of aromatic carboxylic acids is 1. The van der Waals surface area contributed by atoms with Crippen LogP contribution in [-0.2, 0) is 20.8 Å². The van der Waals surface area contributed by atoms with E-state index in [9.17, 15) is 39.3 Å². The summed E-state index contributed by atoms with van der Waals surface area (Å²) in [6.45, 7) is -0.603. The van der Waals surface area contributed by atoms with Gasteiger partial charge in [0.1, 0.15) is 11.8 Å². The zero-order chi connectivity index (χ0) is 26.1. The number of carboxylic acid groups (broad SMARTS) is 1. The number of amides is 4. The van der Waals surface area contributed by atoms with Crippen LogP contribution in [-0.4, -0.2) is 80.1 Å². The number of benzene rings is 1. The molecule has 188 valence electrons. The number of hydrogen-bond acceptors (Lipinski definition) is 11. The zero-order valence-corrected chi connectivity index (χ0v) is 19.3. The van der Waals surface area contributed by atoms with Crippen molar-refractivity contribution in [1.82, 2.24) is 20.3 Å². The third-order valence-corrected chi connectivity index (χ3v) is 6.47. The number of rotatable bonds is 6. The van der Waals surface area contributed by atoms with Crippen molar-refractivity contribution in [3.8, 4) is 5.75 Å². The molecule has 2 aromatic rings. The Kier molecular flexibility index (Phi) is 6.92. The lowest BCUT2D eigenvalue weighted by molar-refractivity contribution is -0.180. The van der Waals surface area contributed by atoms with Gasteiger partial charge in [-0.3, -0.25) is 24.5 Å². The van der Waals surface area contributed by atoms with Gasteiger partial charge in [-0.15, -0.1) is 11.3 Å². The topological polar surface area (TPSA) is 213 Å². The van der Waals surface area contributed by atoms with Crippen molar-refractivity contribution in [2.45, 2.75) is 24.7 Å². The maximum atomic E-state index is 13.3. The predicted molar refractivity (Wildman–Crippen MR) is 122 cm³/mol. The number of fused-ring (bicyclic) bond motifs is 1. The minimum Gasteiger partial charge on any atom is -0.535 e.